The van der Waals surface area contributed by atoms with Crippen LogP contribution in [0, 0.1) is 5.92 Å². The van der Waals surface area contributed by atoms with Gasteiger partial charge in [0.2, 0.25) is 0 Å². The average Bonchev–Trinajstić information content (AvgIpc) is 2.94. The van der Waals surface area contributed by atoms with Gasteiger partial charge in [0.1, 0.15) is 0 Å². The second-order valence-corrected chi connectivity index (χ2v) is 6.55. The van der Waals surface area contributed by atoms with Gasteiger partial charge in [-0.2, -0.15) is 0 Å². The largest absolute Gasteiger partial charge is 0.378 e. The first kappa shape index (κ1) is 15.0. The van der Waals surface area contributed by atoms with Crippen LogP contribution in [0.5, 0.6) is 0 Å². The summed E-state index contributed by atoms with van der Waals surface area (Å²) in [5.74, 6) is 1.17. The molecule has 0 spiro atoms. The fourth-order valence-corrected chi connectivity index (χ4v) is 4.12. The molecule has 0 radical (unpaired) electrons. The highest BCUT2D eigenvalue weighted by Gasteiger charge is 2.38. The summed E-state index contributed by atoms with van der Waals surface area (Å²) < 4.78 is 5.84. The van der Waals surface area contributed by atoms with Crippen LogP contribution in [-0.2, 0) is 11.2 Å². The molecule has 1 fully saturated rings. The predicted molar refractivity (Wildman–Crippen MR) is 85.5 cm³/mol. The van der Waals surface area contributed by atoms with E-state index in [9.17, 15) is 0 Å². The molecule has 4 atom stereocenters. The number of aromatic nitrogens is 1. The van der Waals surface area contributed by atoms with Gasteiger partial charge in [-0.3, -0.25) is 4.98 Å². The van der Waals surface area contributed by atoms with Crippen molar-refractivity contribution in [1.82, 2.24) is 10.3 Å². The van der Waals surface area contributed by atoms with E-state index in [4.69, 9.17) is 9.72 Å². The Morgan fingerprint density at radius 1 is 1.43 bits per heavy atom. The van der Waals surface area contributed by atoms with Crippen LogP contribution < -0.4 is 5.32 Å². The van der Waals surface area contributed by atoms with E-state index in [0.29, 0.717) is 24.0 Å². The van der Waals surface area contributed by atoms with Gasteiger partial charge in [0.05, 0.1) is 6.10 Å². The molecule has 1 saturated heterocycles. The SMILES string of the molecule is CCCNC(C1CCCc2cccnc21)C1CCOC1C. The molecule has 1 aliphatic carbocycles. The van der Waals surface area contributed by atoms with Crippen LogP contribution >= 0.6 is 0 Å². The van der Waals surface area contributed by atoms with Crippen LogP contribution in [-0.4, -0.2) is 30.3 Å². The molecule has 2 heterocycles. The summed E-state index contributed by atoms with van der Waals surface area (Å²) >= 11 is 0. The number of rotatable bonds is 5. The molecule has 0 amide bonds. The van der Waals surface area contributed by atoms with Gasteiger partial charge in [0.25, 0.3) is 0 Å². The van der Waals surface area contributed by atoms with Crippen molar-refractivity contribution in [1.29, 1.82) is 0 Å². The first-order chi connectivity index (χ1) is 10.3. The average molecular weight is 288 g/mol. The number of hydrogen-bond acceptors (Lipinski definition) is 3. The van der Waals surface area contributed by atoms with Gasteiger partial charge < -0.3 is 10.1 Å². The minimum Gasteiger partial charge on any atom is -0.378 e. The van der Waals surface area contributed by atoms with Gasteiger partial charge in [-0.05, 0) is 57.2 Å². The van der Waals surface area contributed by atoms with Gasteiger partial charge >= 0.3 is 0 Å². The van der Waals surface area contributed by atoms with E-state index in [1.165, 1.54) is 43.4 Å². The van der Waals surface area contributed by atoms with Crippen molar-refractivity contribution in [2.75, 3.05) is 13.2 Å². The Kier molecular flexibility index (Phi) is 4.91. The number of ether oxygens (including phenoxy) is 1. The Morgan fingerprint density at radius 2 is 2.33 bits per heavy atom. The molecule has 3 heteroatoms. The molecule has 21 heavy (non-hydrogen) atoms. The van der Waals surface area contributed by atoms with Crippen molar-refractivity contribution < 1.29 is 4.74 Å². The summed E-state index contributed by atoms with van der Waals surface area (Å²) in [5.41, 5.74) is 2.81. The predicted octanol–water partition coefficient (Wildman–Crippen LogP) is 3.29. The molecule has 116 valence electrons. The Morgan fingerprint density at radius 3 is 3.10 bits per heavy atom. The normalized spacial score (nSPS) is 30.1. The van der Waals surface area contributed by atoms with E-state index in [-0.39, 0.29) is 0 Å². The first-order valence-electron chi connectivity index (χ1n) is 8.60. The molecule has 3 nitrogen and oxygen atoms in total. The summed E-state index contributed by atoms with van der Waals surface area (Å²) in [4.78, 5) is 4.75. The zero-order valence-corrected chi connectivity index (χ0v) is 13.3. The van der Waals surface area contributed by atoms with Gasteiger partial charge in [-0.15, -0.1) is 0 Å². The van der Waals surface area contributed by atoms with E-state index < -0.39 is 0 Å². The van der Waals surface area contributed by atoms with Crippen molar-refractivity contribution in [3.63, 3.8) is 0 Å². The summed E-state index contributed by atoms with van der Waals surface area (Å²) in [5, 5.41) is 3.83. The summed E-state index contributed by atoms with van der Waals surface area (Å²) in [6.45, 7) is 6.48. The number of nitrogens with one attached hydrogen (secondary N) is 1. The number of fused-ring (bicyclic) bond motifs is 1. The Hall–Kier alpha value is -0.930. The third-order valence-corrected chi connectivity index (χ3v) is 5.20. The van der Waals surface area contributed by atoms with E-state index in [1.807, 2.05) is 6.20 Å². The smallest absolute Gasteiger partial charge is 0.0591 e. The first-order valence-corrected chi connectivity index (χ1v) is 8.60. The topological polar surface area (TPSA) is 34.2 Å². The summed E-state index contributed by atoms with van der Waals surface area (Å²) in [6, 6.07) is 4.85. The standard InChI is InChI=1S/C18H28N2O/c1-3-10-19-18(15-9-12-21-13(15)2)16-8-4-6-14-7-5-11-20-17(14)16/h5,7,11,13,15-16,18-19H,3-4,6,8-10,12H2,1-2H3. The highest BCUT2D eigenvalue weighted by molar-refractivity contribution is 5.27. The molecular formula is C18H28N2O. The number of hydrogen-bond donors (Lipinski definition) is 1. The highest BCUT2D eigenvalue weighted by atomic mass is 16.5. The molecule has 1 aromatic heterocycles. The number of nitrogens with zero attached hydrogens (tertiary/aromatic N) is 1. The van der Waals surface area contributed by atoms with Crippen molar-refractivity contribution in [2.24, 2.45) is 5.92 Å². The van der Waals surface area contributed by atoms with E-state index in [2.05, 4.69) is 31.3 Å². The van der Waals surface area contributed by atoms with Crippen LogP contribution in [0.2, 0.25) is 0 Å². The minimum atomic E-state index is 0.369. The molecule has 1 aromatic rings. The fourth-order valence-electron chi connectivity index (χ4n) is 4.12. The minimum absolute atomic E-state index is 0.369. The van der Waals surface area contributed by atoms with Crippen molar-refractivity contribution >= 4 is 0 Å². The zero-order valence-electron chi connectivity index (χ0n) is 13.3. The molecule has 0 bridgehead atoms. The van der Waals surface area contributed by atoms with Crippen LogP contribution in [0.25, 0.3) is 0 Å². The van der Waals surface area contributed by atoms with Crippen LogP contribution in [0.3, 0.4) is 0 Å². The maximum Gasteiger partial charge on any atom is 0.0591 e. The van der Waals surface area contributed by atoms with Gasteiger partial charge in [0, 0.05) is 36.4 Å². The molecule has 2 aliphatic rings. The Bertz CT molecular complexity index is 462. The number of pyridine rings is 1. The lowest BCUT2D eigenvalue weighted by Crippen LogP contribution is -2.45. The second kappa shape index (κ2) is 6.89. The van der Waals surface area contributed by atoms with Gasteiger partial charge in [0.15, 0.2) is 0 Å². The lowest BCUT2D eigenvalue weighted by molar-refractivity contribution is 0.0903. The monoisotopic (exact) mass is 288 g/mol. The summed E-state index contributed by atoms with van der Waals surface area (Å²) in [7, 11) is 0. The molecule has 0 saturated carbocycles. The highest BCUT2D eigenvalue weighted by Crippen LogP contribution is 2.38. The third-order valence-electron chi connectivity index (χ3n) is 5.20. The quantitative estimate of drug-likeness (QED) is 0.902. The van der Waals surface area contributed by atoms with E-state index in [1.54, 1.807) is 0 Å². The second-order valence-electron chi connectivity index (χ2n) is 6.55. The molecule has 3 rings (SSSR count). The third kappa shape index (κ3) is 3.14. The Labute approximate surface area is 128 Å². The number of aryl methyl sites for hydroxylation is 1. The van der Waals surface area contributed by atoms with E-state index in [0.717, 1.165) is 13.2 Å². The van der Waals surface area contributed by atoms with Crippen LogP contribution in [0.4, 0.5) is 0 Å². The molecular weight excluding hydrogens is 260 g/mol. The maximum atomic E-state index is 5.84. The lowest BCUT2D eigenvalue weighted by Gasteiger charge is -2.36. The Balaban J connectivity index is 1.86. The van der Waals surface area contributed by atoms with Crippen LogP contribution in [0.15, 0.2) is 18.3 Å². The lowest BCUT2D eigenvalue weighted by atomic mass is 9.75. The summed E-state index contributed by atoms with van der Waals surface area (Å²) in [6.07, 6.45) is 8.43. The van der Waals surface area contributed by atoms with Crippen LogP contribution in [0.1, 0.15) is 56.7 Å². The van der Waals surface area contributed by atoms with E-state index >= 15 is 0 Å². The molecule has 1 aliphatic heterocycles. The molecule has 0 aromatic carbocycles. The van der Waals surface area contributed by atoms with Gasteiger partial charge in [-0.25, -0.2) is 0 Å². The van der Waals surface area contributed by atoms with Crippen molar-refractivity contribution in [3.05, 3.63) is 29.6 Å². The zero-order chi connectivity index (χ0) is 14.7. The molecule has 1 N–H and O–H groups in total. The molecule has 4 unspecified atom stereocenters. The van der Waals surface area contributed by atoms with Gasteiger partial charge in [-0.1, -0.05) is 13.0 Å². The van der Waals surface area contributed by atoms with Crippen molar-refractivity contribution in [2.45, 2.75) is 64.0 Å². The maximum absolute atomic E-state index is 5.84. The van der Waals surface area contributed by atoms with Crippen molar-refractivity contribution in [3.8, 4) is 0 Å². The fraction of sp³-hybridized carbons (Fsp3) is 0.722.